The summed E-state index contributed by atoms with van der Waals surface area (Å²) in [5.74, 6) is 2.05. The highest BCUT2D eigenvalue weighted by Crippen LogP contribution is 2.34. The third-order valence-corrected chi connectivity index (χ3v) is 4.40. The second-order valence-corrected chi connectivity index (χ2v) is 6.15. The predicted molar refractivity (Wildman–Crippen MR) is 86.4 cm³/mol. The molecule has 1 heterocycles. The molecule has 1 aromatic heterocycles. The molecule has 21 heavy (non-hydrogen) atoms. The zero-order chi connectivity index (χ0) is 15.1. The van der Waals surface area contributed by atoms with Crippen molar-refractivity contribution in [1.29, 1.82) is 0 Å². The Bertz CT molecular complexity index is 398. The van der Waals surface area contributed by atoms with E-state index in [0.29, 0.717) is 12.1 Å². The summed E-state index contributed by atoms with van der Waals surface area (Å²) in [6.07, 6.45) is 10.5. The maximum atomic E-state index is 5.67. The van der Waals surface area contributed by atoms with Crippen molar-refractivity contribution in [2.45, 2.75) is 71.6 Å². The number of imidazole rings is 1. The molecule has 1 aromatic rings. The fourth-order valence-corrected chi connectivity index (χ4v) is 3.36. The fraction of sp³-hybridized carbons (Fsp3) is 0.824. The van der Waals surface area contributed by atoms with Gasteiger partial charge in [-0.1, -0.05) is 13.8 Å². The molecule has 0 aliphatic heterocycles. The first-order valence-corrected chi connectivity index (χ1v) is 8.61. The van der Waals surface area contributed by atoms with E-state index in [9.17, 15) is 0 Å². The van der Waals surface area contributed by atoms with Crippen molar-refractivity contribution >= 4 is 0 Å². The molecule has 4 nitrogen and oxygen atoms in total. The maximum absolute atomic E-state index is 5.67. The van der Waals surface area contributed by atoms with Gasteiger partial charge in [-0.2, -0.15) is 0 Å². The fourth-order valence-electron chi connectivity index (χ4n) is 3.36. The van der Waals surface area contributed by atoms with Gasteiger partial charge in [-0.25, -0.2) is 4.98 Å². The number of nitrogens with zero attached hydrogens (tertiary/aromatic N) is 2. The van der Waals surface area contributed by atoms with Gasteiger partial charge in [0.15, 0.2) is 0 Å². The van der Waals surface area contributed by atoms with Crippen LogP contribution in [0.4, 0.5) is 0 Å². The van der Waals surface area contributed by atoms with Crippen molar-refractivity contribution in [1.82, 2.24) is 14.9 Å². The number of hydrogen-bond donors (Lipinski definition) is 1. The van der Waals surface area contributed by atoms with Gasteiger partial charge < -0.3 is 14.6 Å². The van der Waals surface area contributed by atoms with E-state index in [-0.39, 0.29) is 0 Å². The van der Waals surface area contributed by atoms with Crippen LogP contribution in [0.3, 0.4) is 0 Å². The Morgan fingerprint density at radius 1 is 1.38 bits per heavy atom. The van der Waals surface area contributed by atoms with Gasteiger partial charge in [-0.05, 0) is 45.1 Å². The number of likely N-dealkylation sites (N-methyl/N-ethyl adjacent to an activating group) is 1. The number of aryl methyl sites for hydroxylation is 1. The first-order valence-electron chi connectivity index (χ1n) is 8.61. The van der Waals surface area contributed by atoms with Crippen LogP contribution >= 0.6 is 0 Å². The molecule has 0 saturated heterocycles. The topological polar surface area (TPSA) is 39.1 Å². The number of aromatic nitrogens is 2. The average molecular weight is 293 g/mol. The summed E-state index contributed by atoms with van der Waals surface area (Å²) >= 11 is 0. The molecule has 1 unspecified atom stereocenters. The van der Waals surface area contributed by atoms with Gasteiger partial charge in [-0.3, -0.25) is 0 Å². The van der Waals surface area contributed by atoms with Crippen molar-refractivity contribution in [3.8, 4) is 0 Å². The zero-order valence-electron chi connectivity index (χ0n) is 13.8. The molecular weight excluding hydrogens is 262 g/mol. The van der Waals surface area contributed by atoms with Crippen molar-refractivity contribution in [3.05, 3.63) is 18.2 Å². The minimum absolute atomic E-state index is 0.518. The number of nitrogens with one attached hydrogen (secondary N) is 1. The summed E-state index contributed by atoms with van der Waals surface area (Å²) in [6, 6.07) is 0.542. The zero-order valence-corrected chi connectivity index (χ0v) is 13.8. The van der Waals surface area contributed by atoms with Crippen LogP contribution in [0.2, 0.25) is 0 Å². The van der Waals surface area contributed by atoms with Gasteiger partial charge in [0.25, 0.3) is 0 Å². The monoisotopic (exact) mass is 293 g/mol. The van der Waals surface area contributed by atoms with Crippen molar-refractivity contribution in [2.24, 2.45) is 5.92 Å². The molecule has 1 N–H and O–H groups in total. The highest BCUT2D eigenvalue weighted by Gasteiger charge is 2.31. The lowest BCUT2D eigenvalue weighted by Gasteiger charge is -2.37. The van der Waals surface area contributed by atoms with Gasteiger partial charge in [0.1, 0.15) is 5.82 Å². The van der Waals surface area contributed by atoms with Gasteiger partial charge in [0.05, 0.1) is 6.10 Å². The lowest BCUT2D eigenvalue weighted by atomic mass is 9.77. The van der Waals surface area contributed by atoms with Crippen LogP contribution in [0.15, 0.2) is 12.4 Å². The quantitative estimate of drug-likeness (QED) is 0.721. The van der Waals surface area contributed by atoms with Gasteiger partial charge in [-0.15, -0.1) is 0 Å². The first-order chi connectivity index (χ1) is 10.3. The van der Waals surface area contributed by atoms with E-state index in [1.165, 1.54) is 25.1 Å². The number of hydrogen-bond acceptors (Lipinski definition) is 3. The summed E-state index contributed by atoms with van der Waals surface area (Å²) in [5, 5.41) is 3.64. The third-order valence-electron chi connectivity index (χ3n) is 4.40. The molecule has 2 rings (SSSR count). The maximum Gasteiger partial charge on any atom is 0.110 e. The van der Waals surface area contributed by atoms with Gasteiger partial charge in [0.2, 0.25) is 0 Å². The largest absolute Gasteiger partial charge is 0.378 e. The lowest BCUT2D eigenvalue weighted by molar-refractivity contribution is -0.0290. The highest BCUT2D eigenvalue weighted by atomic mass is 16.5. The van der Waals surface area contributed by atoms with Crippen LogP contribution in [0.25, 0.3) is 0 Å². The summed E-state index contributed by atoms with van der Waals surface area (Å²) in [5.41, 5.74) is 0. The molecule has 1 atom stereocenters. The minimum atomic E-state index is 0.518. The van der Waals surface area contributed by atoms with Crippen LogP contribution in [0.5, 0.6) is 0 Å². The predicted octanol–water partition coefficient (Wildman–Crippen LogP) is 3.02. The van der Waals surface area contributed by atoms with E-state index >= 15 is 0 Å². The molecule has 0 aromatic carbocycles. The van der Waals surface area contributed by atoms with E-state index in [4.69, 9.17) is 4.74 Å². The minimum Gasteiger partial charge on any atom is -0.378 e. The summed E-state index contributed by atoms with van der Waals surface area (Å²) in [4.78, 5) is 4.55. The Labute approximate surface area is 129 Å². The molecule has 0 amide bonds. The molecule has 1 aliphatic carbocycles. The molecule has 4 heteroatoms. The lowest BCUT2D eigenvalue weighted by Crippen LogP contribution is -2.39. The summed E-state index contributed by atoms with van der Waals surface area (Å²) in [7, 11) is 0. The van der Waals surface area contributed by atoms with Crippen LogP contribution in [0.1, 0.15) is 52.3 Å². The van der Waals surface area contributed by atoms with E-state index in [1.54, 1.807) is 0 Å². The Morgan fingerprint density at radius 3 is 2.86 bits per heavy atom. The van der Waals surface area contributed by atoms with Crippen LogP contribution < -0.4 is 5.32 Å². The van der Waals surface area contributed by atoms with E-state index in [1.807, 2.05) is 6.20 Å². The molecule has 0 radical (unpaired) electrons. The Morgan fingerprint density at radius 2 is 2.19 bits per heavy atom. The normalized spacial score (nSPS) is 23.0. The van der Waals surface area contributed by atoms with E-state index < -0.39 is 0 Å². The van der Waals surface area contributed by atoms with Crippen molar-refractivity contribution < 1.29 is 4.74 Å². The highest BCUT2D eigenvalue weighted by molar-refractivity contribution is 4.97. The summed E-state index contributed by atoms with van der Waals surface area (Å²) < 4.78 is 7.97. The Kier molecular flexibility index (Phi) is 6.71. The van der Waals surface area contributed by atoms with Crippen LogP contribution in [-0.2, 0) is 17.7 Å². The summed E-state index contributed by atoms with van der Waals surface area (Å²) in [6.45, 7) is 9.44. The van der Waals surface area contributed by atoms with E-state index in [2.05, 4.69) is 41.8 Å². The smallest absolute Gasteiger partial charge is 0.110 e. The number of ether oxygens (including phenoxy) is 1. The molecule has 0 spiro atoms. The van der Waals surface area contributed by atoms with Crippen molar-refractivity contribution in [3.63, 3.8) is 0 Å². The van der Waals surface area contributed by atoms with Crippen LogP contribution in [-0.4, -0.2) is 34.8 Å². The molecule has 1 saturated carbocycles. The molecule has 1 aliphatic rings. The van der Waals surface area contributed by atoms with Gasteiger partial charge in [0, 0.05) is 38.0 Å². The number of rotatable bonds is 10. The average Bonchev–Trinajstić information content (AvgIpc) is 2.84. The molecular formula is C17H31N3O. The third kappa shape index (κ3) is 4.82. The Balaban J connectivity index is 1.83. The van der Waals surface area contributed by atoms with Gasteiger partial charge >= 0.3 is 0 Å². The van der Waals surface area contributed by atoms with E-state index in [0.717, 1.165) is 38.5 Å². The Hall–Kier alpha value is -0.870. The molecule has 1 fully saturated rings. The first kappa shape index (κ1) is 16.5. The van der Waals surface area contributed by atoms with Crippen molar-refractivity contribution in [2.75, 3.05) is 13.2 Å². The molecule has 120 valence electrons. The second kappa shape index (κ2) is 8.54. The standard InChI is InChI=1S/C17H31N3O/c1-4-8-20-9-7-19-17(20)13-15(18-5-2)10-14-11-16(12-14)21-6-3/h7,9,14-16,18H,4-6,8,10-13H2,1-3H3. The molecule has 0 bridgehead atoms. The van der Waals surface area contributed by atoms with Crippen LogP contribution in [0, 0.1) is 5.92 Å². The SMILES string of the molecule is CCCn1ccnc1CC(CC1CC(OCC)C1)NCC. The second-order valence-electron chi connectivity index (χ2n) is 6.15.